The monoisotopic (exact) mass is 362 g/mol. The summed E-state index contributed by atoms with van der Waals surface area (Å²) in [5.41, 5.74) is 4.44. The highest BCUT2D eigenvalue weighted by molar-refractivity contribution is 9.11. The number of hydrogen-bond donors (Lipinski definition) is 2. The van der Waals surface area contributed by atoms with Gasteiger partial charge in [0.1, 0.15) is 0 Å². The molecule has 1 aromatic rings. The molecule has 1 rings (SSSR count). The molecule has 0 aliphatic heterocycles. The lowest BCUT2D eigenvalue weighted by Gasteiger charge is -2.23. The van der Waals surface area contributed by atoms with Gasteiger partial charge < -0.3 is 0 Å². The summed E-state index contributed by atoms with van der Waals surface area (Å²) in [5.74, 6) is 5.65. The lowest BCUT2D eigenvalue weighted by Crippen LogP contribution is -2.29. The molecular formula is C13H20Br2N2. The smallest absolute Gasteiger partial charge is 0.0461 e. The molecule has 0 aliphatic rings. The van der Waals surface area contributed by atoms with Crippen molar-refractivity contribution in [1.29, 1.82) is 0 Å². The van der Waals surface area contributed by atoms with Crippen LogP contribution >= 0.6 is 31.9 Å². The third kappa shape index (κ3) is 5.51. The van der Waals surface area contributed by atoms with Crippen molar-refractivity contribution in [2.45, 2.75) is 39.7 Å². The molecule has 3 N–H and O–H groups in total. The highest BCUT2D eigenvalue weighted by Crippen LogP contribution is 2.30. The first-order valence-corrected chi connectivity index (χ1v) is 7.32. The van der Waals surface area contributed by atoms with E-state index >= 15 is 0 Å². The summed E-state index contributed by atoms with van der Waals surface area (Å²) >= 11 is 7.00. The first-order chi connectivity index (χ1) is 7.81. The van der Waals surface area contributed by atoms with Crippen LogP contribution in [-0.4, -0.2) is 0 Å². The maximum absolute atomic E-state index is 5.65. The molecule has 0 amide bonds. The third-order valence-corrected chi connectivity index (χ3v) is 3.59. The number of hydrogen-bond acceptors (Lipinski definition) is 2. The van der Waals surface area contributed by atoms with Gasteiger partial charge in [0, 0.05) is 15.0 Å². The van der Waals surface area contributed by atoms with Crippen molar-refractivity contribution in [3.63, 3.8) is 0 Å². The molecule has 0 radical (unpaired) electrons. The van der Waals surface area contributed by atoms with Gasteiger partial charge in [-0.2, -0.15) is 0 Å². The molecule has 0 spiro atoms. The summed E-state index contributed by atoms with van der Waals surface area (Å²) in [7, 11) is 0. The summed E-state index contributed by atoms with van der Waals surface area (Å²) in [4.78, 5) is 0. The molecular weight excluding hydrogens is 344 g/mol. The third-order valence-electron chi connectivity index (χ3n) is 2.67. The van der Waals surface area contributed by atoms with Gasteiger partial charge >= 0.3 is 0 Å². The Morgan fingerprint density at radius 1 is 1.18 bits per heavy atom. The van der Waals surface area contributed by atoms with Crippen LogP contribution in [0.4, 0.5) is 0 Å². The molecule has 1 aromatic carbocycles. The predicted octanol–water partition coefficient (Wildman–Crippen LogP) is 4.54. The van der Waals surface area contributed by atoms with Crippen molar-refractivity contribution in [2.75, 3.05) is 0 Å². The zero-order chi connectivity index (χ0) is 13.1. The largest absolute Gasteiger partial charge is 0.271 e. The normalized spacial score (nSPS) is 13.8. The zero-order valence-corrected chi connectivity index (χ0v) is 13.7. The minimum absolute atomic E-state index is 0.197. The molecule has 1 atom stereocenters. The summed E-state index contributed by atoms with van der Waals surface area (Å²) in [6.45, 7) is 6.74. The van der Waals surface area contributed by atoms with Gasteiger partial charge in [0.2, 0.25) is 0 Å². The van der Waals surface area contributed by atoms with Gasteiger partial charge in [-0.05, 0) is 42.0 Å². The van der Waals surface area contributed by atoms with Crippen LogP contribution in [0, 0.1) is 5.41 Å². The standard InChI is InChI=1S/C13H20Br2N2/c1-13(2,3)5-4-12(17-16)9-6-10(14)8-11(15)7-9/h6-8,12,17H,4-5,16H2,1-3H3. The van der Waals surface area contributed by atoms with E-state index in [9.17, 15) is 0 Å². The molecule has 1 unspecified atom stereocenters. The maximum atomic E-state index is 5.65. The molecule has 0 bridgehead atoms. The molecule has 0 fully saturated rings. The molecule has 0 saturated carbocycles. The van der Waals surface area contributed by atoms with Gasteiger partial charge in [0.05, 0.1) is 0 Å². The van der Waals surface area contributed by atoms with E-state index in [0.717, 1.165) is 21.8 Å². The first-order valence-electron chi connectivity index (χ1n) is 5.74. The molecule has 4 heteroatoms. The Bertz CT molecular complexity index is 352. The SMILES string of the molecule is CC(C)(C)CCC(NN)c1cc(Br)cc(Br)c1. The van der Waals surface area contributed by atoms with E-state index in [0.29, 0.717) is 5.41 Å². The fourth-order valence-electron chi connectivity index (χ4n) is 1.70. The van der Waals surface area contributed by atoms with E-state index < -0.39 is 0 Å². The number of nitrogens with two attached hydrogens (primary N) is 1. The van der Waals surface area contributed by atoms with Crippen LogP contribution < -0.4 is 11.3 Å². The second-order valence-corrected chi connectivity index (χ2v) is 7.35. The van der Waals surface area contributed by atoms with Gasteiger partial charge in [0.25, 0.3) is 0 Å². The van der Waals surface area contributed by atoms with Crippen LogP contribution in [0.1, 0.15) is 45.2 Å². The average molecular weight is 364 g/mol. The van der Waals surface area contributed by atoms with E-state index in [-0.39, 0.29) is 6.04 Å². The lowest BCUT2D eigenvalue weighted by molar-refractivity contribution is 0.333. The van der Waals surface area contributed by atoms with Gasteiger partial charge in [0.15, 0.2) is 0 Å². The minimum atomic E-state index is 0.197. The molecule has 0 saturated heterocycles. The van der Waals surface area contributed by atoms with E-state index in [1.807, 2.05) is 6.07 Å². The Morgan fingerprint density at radius 2 is 1.71 bits per heavy atom. The van der Waals surface area contributed by atoms with Crippen LogP contribution in [-0.2, 0) is 0 Å². The Hall–Kier alpha value is 0.1000. The first kappa shape index (κ1) is 15.2. The fraction of sp³-hybridized carbons (Fsp3) is 0.538. The van der Waals surface area contributed by atoms with Crippen molar-refractivity contribution in [3.8, 4) is 0 Å². The number of halogens is 2. The number of rotatable bonds is 4. The fourth-order valence-corrected chi connectivity index (χ4v) is 3.03. The summed E-state index contributed by atoms with van der Waals surface area (Å²) < 4.78 is 2.13. The van der Waals surface area contributed by atoms with Crippen LogP contribution in [0.2, 0.25) is 0 Å². The van der Waals surface area contributed by atoms with Crippen LogP contribution in [0.3, 0.4) is 0 Å². The topological polar surface area (TPSA) is 38.0 Å². The van der Waals surface area contributed by atoms with Crippen LogP contribution in [0.15, 0.2) is 27.1 Å². The average Bonchev–Trinajstić information content (AvgIpc) is 2.15. The van der Waals surface area contributed by atoms with E-state index in [2.05, 4.69) is 70.2 Å². The van der Waals surface area contributed by atoms with Crippen molar-refractivity contribution < 1.29 is 0 Å². The highest BCUT2D eigenvalue weighted by Gasteiger charge is 2.16. The van der Waals surface area contributed by atoms with Crippen LogP contribution in [0.25, 0.3) is 0 Å². The quantitative estimate of drug-likeness (QED) is 0.608. The molecule has 17 heavy (non-hydrogen) atoms. The Morgan fingerprint density at radius 3 is 2.12 bits per heavy atom. The highest BCUT2D eigenvalue weighted by atomic mass is 79.9. The minimum Gasteiger partial charge on any atom is -0.271 e. The number of hydrazine groups is 1. The second kappa shape index (κ2) is 6.32. The molecule has 0 aliphatic carbocycles. The van der Waals surface area contributed by atoms with Gasteiger partial charge in [-0.3, -0.25) is 11.3 Å². The molecule has 0 aromatic heterocycles. The summed E-state index contributed by atoms with van der Waals surface area (Å²) in [5, 5.41) is 0. The Kier molecular flexibility index (Phi) is 5.64. The van der Waals surface area contributed by atoms with Crippen molar-refractivity contribution in [1.82, 2.24) is 5.43 Å². The van der Waals surface area contributed by atoms with Crippen molar-refractivity contribution >= 4 is 31.9 Å². The van der Waals surface area contributed by atoms with Gasteiger partial charge in [-0.25, -0.2) is 0 Å². The van der Waals surface area contributed by atoms with Gasteiger partial charge in [-0.1, -0.05) is 52.6 Å². The molecule has 0 heterocycles. The summed E-state index contributed by atoms with van der Waals surface area (Å²) in [6, 6.07) is 6.44. The lowest BCUT2D eigenvalue weighted by atomic mass is 9.87. The van der Waals surface area contributed by atoms with Crippen molar-refractivity contribution in [2.24, 2.45) is 11.3 Å². The molecule has 2 nitrogen and oxygen atoms in total. The second-order valence-electron chi connectivity index (χ2n) is 5.52. The summed E-state index contributed by atoms with van der Waals surface area (Å²) in [6.07, 6.45) is 2.16. The van der Waals surface area contributed by atoms with E-state index in [4.69, 9.17) is 5.84 Å². The predicted molar refractivity (Wildman–Crippen MR) is 80.6 cm³/mol. The van der Waals surface area contributed by atoms with Crippen LogP contribution in [0.5, 0.6) is 0 Å². The molecule has 96 valence electrons. The Balaban J connectivity index is 2.79. The zero-order valence-electron chi connectivity index (χ0n) is 10.6. The Labute approximate surface area is 121 Å². The maximum Gasteiger partial charge on any atom is 0.0461 e. The number of nitrogens with one attached hydrogen (secondary N) is 1. The van der Waals surface area contributed by atoms with E-state index in [1.165, 1.54) is 5.56 Å². The van der Waals surface area contributed by atoms with Gasteiger partial charge in [-0.15, -0.1) is 0 Å². The van der Waals surface area contributed by atoms with Crippen molar-refractivity contribution in [3.05, 3.63) is 32.7 Å². The number of benzene rings is 1. The van der Waals surface area contributed by atoms with E-state index in [1.54, 1.807) is 0 Å².